The van der Waals surface area contributed by atoms with Gasteiger partial charge in [0.2, 0.25) is 0 Å². The smallest absolute Gasteiger partial charge is 0.193 e. The van der Waals surface area contributed by atoms with Crippen LogP contribution in [0.1, 0.15) is 18.5 Å². The van der Waals surface area contributed by atoms with E-state index in [-0.39, 0.29) is 12.4 Å². The third-order valence-corrected chi connectivity index (χ3v) is 1.11. The Bertz CT molecular complexity index is 169. The molecule has 0 aromatic carbocycles. The number of aromatic nitrogens is 1. The standard InChI is InChI=1S/C6H10N2O.ClH/c1-2-6-8-5(3-7)4-9-6;/h4H,2-3,7H2,1H3;1H. The van der Waals surface area contributed by atoms with Gasteiger partial charge in [-0.3, -0.25) is 0 Å². The number of rotatable bonds is 2. The Morgan fingerprint density at radius 3 is 2.70 bits per heavy atom. The van der Waals surface area contributed by atoms with Crippen molar-refractivity contribution in [2.24, 2.45) is 5.73 Å². The maximum atomic E-state index is 5.30. The van der Waals surface area contributed by atoms with E-state index in [1.807, 2.05) is 6.92 Å². The molecule has 3 nitrogen and oxygen atoms in total. The van der Waals surface area contributed by atoms with Gasteiger partial charge >= 0.3 is 0 Å². The van der Waals surface area contributed by atoms with Crippen LogP contribution in [0.4, 0.5) is 0 Å². The Labute approximate surface area is 66.0 Å². The van der Waals surface area contributed by atoms with Gasteiger partial charge in [0.05, 0.1) is 5.69 Å². The molecular weight excluding hydrogens is 152 g/mol. The maximum absolute atomic E-state index is 5.30. The third kappa shape index (κ3) is 2.01. The molecule has 0 amide bonds. The van der Waals surface area contributed by atoms with Crippen LogP contribution in [0.15, 0.2) is 10.7 Å². The highest BCUT2D eigenvalue weighted by Gasteiger charge is 1.96. The fraction of sp³-hybridized carbons (Fsp3) is 0.500. The summed E-state index contributed by atoms with van der Waals surface area (Å²) >= 11 is 0. The molecule has 0 spiro atoms. The topological polar surface area (TPSA) is 52.0 Å². The number of nitrogens with zero attached hydrogens (tertiary/aromatic N) is 1. The van der Waals surface area contributed by atoms with Crippen LogP contribution >= 0.6 is 12.4 Å². The highest BCUT2D eigenvalue weighted by atomic mass is 35.5. The first-order valence-corrected chi connectivity index (χ1v) is 3.00. The van der Waals surface area contributed by atoms with E-state index in [0.29, 0.717) is 6.54 Å². The highest BCUT2D eigenvalue weighted by Crippen LogP contribution is 2.00. The molecule has 10 heavy (non-hydrogen) atoms. The largest absolute Gasteiger partial charge is 0.449 e. The predicted octanol–water partition coefficient (Wildman–Crippen LogP) is 1.12. The van der Waals surface area contributed by atoms with Crippen LogP contribution in [0, 0.1) is 0 Å². The Balaban J connectivity index is 0.000000810. The van der Waals surface area contributed by atoms with Gasteiger partial charge in [0.1, 0.15) is 6.26 Å². The van der Waals surface area contributed by atoms with Gasteiger partial charge < -0.3 is 10.2 Å². The van der Waals surface area contributed by atoms with Gasteiger partial charge in [0, 0.05) is 13.0 Å². The molecule has 0 unspecified atom stereocenters. The lowest BCUT2D eigenvalue weighted by molar-refractivity contribution is 0.501. The van der Waals surface area contributed by atoms with Crippen molar-refractivity contribution >= 4 is 12.4 Å². The molecule has 4 heteroatoms. The molecule has 0 bridgehead atoms. The molecule has 0 aliphatic rings. The monoisotopic (exact) mass is 162 g/mol. The van der Waals surface area contributed by atoms with Crippen LogP contribution < -0.4 is 5.73 Å². The zero-order valence-corrected chi connectivity index (χ0v) is 6.65. The van der Waals surface area contributed by atoms with Crippen molar-refractivity contribution in [1.82, 2.24) is 4.98 Å². The molecule has 1 aromatic heterocycles. The second kappa shape index (κ2) is 4.30. The van der Waals surface area contributed by atoms with E-state index in [0.717, 1.165) is 18.0 Å². The normalized spacial score (nSPS) is 9.00. The fourth-order valence-corrected chi connectivity index (χ4v) is 0.605. The van der Waals surface area contributed by atoms with Gasteiger partial charge in [-0.25, -0.2) is 4.98 Å². The summed E-state index contributed by atoms with van der Waals surface area (Å²) in [6.45, 7) is 2.45. The van der Waals surface area contributed by atoms with Crippen LogP contribution in [-0.4, -0.2) is 4.98 Å². The second-order valence-electron chi connectivity index (χ2n) is 1.79. The molecule has 0 radical (unpaired) electrons. The molecule has 2 N–H and O–H groups in total. The van der Waals surface area contributed by atoms with E-state index in [1.54, 1.807) is 6.26 Å². The van der Waals surface area contributed by atoms with E-state index >= 15 is 0 Å². The third-order valence-electron chi connectivity index (χ3n) is 1.11. The van der Waals surface area contributed by atoms with Crippen LogP contribution in [-0.2, 0) is 13.0 Å². The fourth-order valence-electron chi connectivity index (χ4n) is 0.605. The average Bonchev–Trinajstić information content (AvgIpc) is 2.34. The summed E-state index contributed by atoms with van der Waals surface area (Å²) in [5.41, 5.74) is 6.12. The summed E-state index contributed by atoms with van der Waals surface area (Å²) in [4.78, 5) is 4.06. The minimum absolute atomic E-state index is 0. The SMILES string of the molecule is CCc1nc(CN)co1.Cl. The first-order valence-electron chi connectivity index (χ1n) is 3.00. The highest BCUT2D eigenvalue weighted by molar-refractivity contribution is 5.85. The molecule has 0 saturated heterocycles. The van der Waals surface area contributed by atoms with Gasteiger partial charge in [-0.05, 0) is 0 Å². The first-order chi connectivity index (χ1) is 4.36. The van der Waals surface area contributed by atoms with Crippen LogP contribution in [0.25, 0.3) is 0 Å². The molecule has 0 fully saturated rings. The first kappa shape index (κ1) is 9.46. The van der Waals surface area contributed by atoms with Crippen molar-refractivity contribution < 1.29 is 4.42 Å². The Hall–Kier alpha value is -0.540. The summed E-state index contributed by atoms with van der Waals surface area (Å²) < 4.78 is 5.01. The molecule has 58 valence electrons. The van der Waals surface area contributed by atoms with E-state index in [4.69, 9.17) is 10.2 Å². The van der Waals surface area contributed by atoms with E-state index < -0.39 is 0 Å². The van der Waals surface area contributed by atoms with Crippen molar-refractivity contribution in [1.29, 1.82) is 0 Å². The summed E-state index contributed by atoms with van der Waals surface area (Å²) in [6.07, 6.45) is 2.43. The summed E-state index contributed by atoms with van der Waals surface area (Å²) in [5.74, 6) is 0.760. The van der Waals surface area contributed by atoms with Gasteiger partial charge in [0.15, 0.2) is 5.89 Å². The number of halogens is 1. The zero-order valence-electron chi connectivity index (χ0n) is 5.83. The van der Waals surface area contributed by atoms with Gasteiger partial charge in [-0.15, -0.1) is 12.4 Å². The number of hydrogen-bond donors (Lipinski definition) is 1. The average molecular weight is 163 g/mol. The molecule has 0 saturated carbocycles. The minimum Gasteiger partial charge on any atom is -0.449 e. The van der Waals surface area contributed by atoms with Crippen molar-refractivity contribution in [3.63, 3.8) is 0 Å². The molecule has 1 aromatic rings. The molecule has 1 heterocycles. The molecule has 1 rings (SSSR count). The Morgan fingerprint density at radius 2 is 2.40 bits per heavy atom. The lowest BCUT2D eigenvalue weighted by atomic mass is 10.5. The summed E-state index contributed by atoms with van der Waals surface area (Å²) in [7, 11) is 0. The molecular formula is C6H11ClN2O. The Morgan fingerprint density at radius 1 is 1.70 bits per heavy atom. The van der Waals surface area contributed by atoms with E-state index in [1.165, 1.54) is 0 Å². The predicted molar refractivity (Wildman–Crippen MR) is 41.0 cm³/mol. The van der Waals surface area contributed by atoms with Gasteiger partial charge in [-0.1, -0.05) is 6.92 Å². The van der Waals surface area contributed by atoms with E-state index in [2.05, 4.69) is 4.98 Å². The number of oxazole rings is 1. The van der Waals surface area contributed by atoms with Crippen LogP contribution in [0.3, 0.4) is 0 Å². The summed E-state index contributed by atoms with van der Waals surface area (Å²) in [6, 6.07) is 0. The van der Waals surface area contributed by atoms with Crippen molar-refractivity contribution in [2.45, 2.75) is 19.9 Å². The maximum Gasteiger partial charge on any atom is 0.193 e. The molecule has 0 atom stereocenters. The zero-order chi connectivity index (χ0) is 6.69. The van der Waals surface area contributed by atoms with Gasteiger partial charge in [0.25, 0.3) is 0 Å². The lowest BCUT2D eigenvalue weighted by Gasteiger charge is -1.80. The van der Waals surface area contributed by atoms with Crippen molar-refractivity contribution in [3.05, 3.63) is 17.8 Å². The summed E-state index contributed by atoms with van der Waals surface area (Å²) in [5, 5.41) is 0. The number of hydrogen-bond acceptors (Lipinski definition) is 3. The van der Waals surface area contributed by atoms with Gasteiger partial charge in [-0.2, -0.15) is 0 Å². The van der Waals surface area contributed by atoms with Crippen LogP contribution in [0.2, 0.25) is 0 Å². The second-order valence-corrected chi connectivity index (χ2v) is 1.79. The van der Waals surface area contributed by atoms with E-state index in [9.17, 15) is 0 Å². The van der Waals surface area contributed by atoms with Crippen molar-refractivity contribution in [3.8, 4) is 0 Å². The lowest BCUT2D eigenvalue weighted by Crippen LogP contribution is -1.95. The quantitative estimate of drug-likeness (QED) is 0.709. The van der Waals surface area contributed by atoms with Crippen LogP contribution in [0.5, 0.6) is 0 Å². The molecule has 0 aliphatic heterocycles. The Kier molecular flexibility index (Phi) is 4.07. The number of aryl methyl sites for hydroxylation is 1. The van der Waals surface area contributed by atoms with Crippen molar-refractivity contribution in [2.75, 3.05) is 0 Å². The molecule has 0 aliphatic carbocycles. The number of nitrogens with two attached hydrogens (primary N) is 1. The minimum atomic E-state index is 0.